The lowest BCUT2D eigenvalue weighted by Gasteiger charge is -2.37. The van der Waals surface area contributed by atoms with Gasteiger partial charge in [0.25, 0.3) is 0 Å². The van der Waals surface area contributed by atoms with Crippen LogP contribution in [0.25, 0.3) is 0 Å². The second-order valence-corrected chi connectivity index (χ2v) is 5.38. The van der Waals surface area contributed by atoms with Gasteiger partial charge in [-0.2, -0.15) is 0 Å². The molecule has 5 nitrogen and oxygen atoms in total. The van der Waals surface area contributed by atoms with Gasteiger partial charge >= 0.3 is 5.97 Å². The van der Waals surface area contributed by atoms with E-state index in [9.17, 15) is 4.79 Å². The third-order valence-corrected chi connectivity index (χ3v) is 3.94. The summed E-state index contributed by atoms with van der Waals surface area (Å²) in [5, 5.41) is 17.8. The second kappa shape index (κ2) is 8.00. The molecule has 0 aliphatic heterocycles. The topological polar surface area (TPSA) is 70.0 Å². The Morgan fingerprint density at radius 3 is 2.48 bits per heavy atom. The minimum Gasteiger partial charge on any atom is -0.492 e. The van der Waals surface area contributed by atoms with Gasteiger partial charge in [0.05, 0.1) is 5.56 Å². The van der Waals surface area contributed by atoms with Crippen LogP contribution in [-0.4, -0.2) is 53.4 Å². The fraction of sp³-hybridized carbons (Fsp3) is 0.562. The first kappa shape index (κ1) is 15.8. The summed E-state index contributed by atoms with van der Waals surface area (Å²) in [5.74, 6) is -0.238. The standard InChI is InChI=1S/C16H23NO4/c18-11-2-9-17(14-3-1-4-14)10-12-21-15-7-5-13(6-8-15)16(19)20/h5-8,14,18H,1-4,9-12H2,(H,19,20). The predicted octanol–water partition coefficient (Wildman–Crippen LogP) is 2.00. The number of carboxylic acids is 1. The van der Waals surface area contributed by atoms with E-state index in [0.717, 1.165) is 19.5 Å². The Labute approximate surface area is 125 Å². The molecule has 116 valence electrons. The van der Waals surface area contributed by atoms with E-state index in [4.69, 9.17) is 14.9 Å². The summed E-state index contributed by atoms with van der Waals surface area (Å²) in [6, 6.07) is 7.10. The maximum Gasteiger partial charge on any atom is 0.335 e. The molecule has 21 heavy (non-hydrogen) atoms. The van der Waals surface area contributed by atoms with E-state index in [1.54, 1.807) is 24.3 Å². The van der Waals surface area contributed by atoms with Crippen molar-refractivity contribution in [2.24, 2.45) is 0 Å². The molecule has 1 aliphatic carbocycles. The number of aliphatic hydroxyl groups excluding tert-OH is 1. The van der Waals surface area contributed by atoms with Crippen LogP contribution < -0.4 is 4.74 Å². The van der Waals surface area contributed by atoms with Gasteiger partial charge in [-0.15, -0.1) is 0 Å². The summed E-state index contributed by atoms with van der Waals surface area (Å²) in [6.07, 6.45) is 4.55. The summed E-state index contributed by atoms with van der Waals surface area (Å²) < 4.78 is 5.67. The molecular formula is C16H23NO4. The Morgan fingerprint density at radius 2 is 1.95 bits per heavy atom. The summed E-state index contributed by atoms with van der Waals surface area (Å²) in [6.45, 7) is 2.54. The van der Waals surface area contributed by atoms with E-state index in [1.165, 1.54) is 19.3 Å². The van der Waals surface area contributed by atoms with E-state index in [-0.39, 0.29) is 12.2 Å². The van der Waals surface area contributed by atoms with Crippen molar-refractivity contribution in [2.45, 2.75) is 31.7 Å². The number of aromatic carboxylic acids is 1. The minimum absolute atomic E-state index is 0.223. The molecule has 0 amide bonds. The molecule has 2 rings (SSSR count). The average molecular weight is 293 g/mol. The van der Waals surface area contributed by atoms with Gasteiger partial charge in [0.2, 0.25) is 0 Å². The van der Waals surface area contributed by atoms with Gasteiger partial charge in [0.1, 0.15) is 12.4 Å². The zero-order chi connectivity index (χ0) is 15.1. The van der Waals surface area contributed by atoms with Crippen molar-refractivity contribution in [1.29, 1.82) is 0 Å². The molecule has 5 heteroatoms. The lowest BCUT2D eigenvalue weighted by molar-refractivity contribution is 0.0696. The maximum absolute atomic E-state index is 10.8. The van der Waals surface area contributed by atoms with Crippen LogP contribution in [0.1, 0.15) is 36.0 Å². The van der Waals surface area contributed by atoms with Gasteiger partial charge in [-0.25, -0.2) is 4.79 Å². The summed E-state index contributed by atoms with van der Waals surface area (Å²) in [4.78, 5) is 13.1. The summed E-state index contributed by atoms with van der Waals surface area (Å²) in [7, 11) is 0. The molecule has 1 saturated carbocycles. The number of carboxylic acid groups (broad SMARTS) is 1. The molecule has 1 fully saturated rings. The SMILES string of the molecule is O=C(O)c1ccc(OCCN(CCCO)C2CCC2)cc1. The first-order chi connectivity index (χ1) is 10.2. The molecule has 0 radical (unpaired) electrons. The Bertz CT molecular complexity index is 442. The number of aliphatic hydroxyl groups is 1. The molecule has 0 spiro atoms. The Morgan fingerprint density at radius 1 is 1.24 bits per heavy atom. The smallest absolute Gasteiger partial charge is 0.335 e. The largest absolute Gasteiger partial charge is 0.492 e. The molecule has 1 aliphatic rings. The van der Waals surface area contributed by atoms with Gasteiger partial charge in [-0.3, -0.25) is 4.90 Å². The highest BCUT2D eigenvalue weighted by molar-refractivity contribution is 5.87. The average Bonchev–Trinajstić information content (AvgIpc) is 2.43. The van der Waals surface area contributed by atoms with Gasteiger partial charge in [0.15, 0.2) is 0 Å². The van der Waals surface area contributed by atoms with Gasteiger partial charge in [-0.1, -0.05) is 6.42 Å². The Balaban J connectivity index is 1.76. The molecule has 2 N–H and O–H groups in total. The van der Waals surface area contributed by atoms with E-state index >= 15 is 0 Å². The van der Waals surface area contributed by atoms with Crippen molar-refractivity contribution < 1.29 is 19.7 Å². The number of hydrogen-bond acceptors (Lipinski definition) is 4. The van der Waals surface area contributed by atoms with Gasteiger partial charge in [0, 0.05) is 25.7 Å². The van der Waals surface area contributed by atoms with Crippen molar-refractivity contribution in [2.75, 3.05) is 26.3 Å². The summed E-state index contributed by atoms with van der Waals surface area (Å²) >= 11 is 0. The zero-order valence-electron chi connectivity index (χ0n) is 12.2. The quantitative estimate of drug-likeness (QED) is 0.729. The van der Waals surface area contributed by atoms with E-state index < -0.39 is 5.97 Å². The van der Waals surface area contributed by atoms with Crippen LogP contribution in [0.2, 0.25) is 0 Å². The number of benzene rings is 1. The third kappa shape index (κ3) is 4.72. The van der Waals surface area contributed by atoms with Crippen LogP contribution in [0.15, 0.2) is 24.3 Å². The lowest BCUT2D eigenvalue weighted by atomic mass is 9.91. The van der Waals surface area contributed by atoms with Crippen LogP contribution in [0.3, 0.4) is 0 Å². The van der Waals surface area contributed by atoms with Crippen molar-refractivity contribution in [3.05, 3.63) is 29.8 Å². The molecule has 0 unspecified atom stereocenters. The molecule has 1 aromatic rings. The molecule has 0 aromatic heterocycles. The first-order valence-electron chi connectivity index (χ1n) is 7.52. The molecular weight excluding hydrogens is 270 g/mol. The highest BCUT2D eigenvalue weighted by atomic mass is 16.5. The highest BCUT2D eigenvalue weighted by Crippen LogP contribution is 2.24. The van der Waals surface area contributed by atoms with E-state index in [1.807, 2.05) is 0 Å². The van der Waals surface area contributed by atoms with Gasteiger partial charge in [-0.05, 0) is 43.5 Å². The molecule has 0 heterocycles. The Kier molecular flexibility index (Phi) is 6.02. The lowest BCUT2D eigenvalue weighted by Crippen LogP contribution is -2.43. The zero-order valence-corrected chi connectivity index (χ0v) is 12.2. The second-order valence-electron chi connectivity index (χ2n) is 5.38. The number of carbonyl (C=O) groups is 1. The molecule has 0 saturated heterocycles. The van der Waals surface area contributed by atoms with Crippen molar-refractivity contribution in [3.63, 3.8) is 0 Å². The van der Waals surface area contributed by atoms with Crippen LogP contribution in [0.4, 0.5) is 0 Å². The first-order valence-corrected chi connectivity index (χ1v) is 7.52. The van der Waals surface area contributed by atoms with Crippen molar-refractivity contribution in [1.82, 2.24) is 4.90 Å². The third-order valence-electron chi connectivity index (χ3n) is 3.94. The van der Waals surface area contributed by atoms with Crippen LogP contribution in [0.5, 0.6) is 5.75 Å². The summed E-state index contributed by atoms with van der Waals surface area (Å²) in [5.41, 5.74) is 0.265. The number of hydrogen-bond donors (Lipinski definition) is 2. The number of ether oxygens (including phenoxy) is 1. The molecule has 0 atom stereocenters. The van der Waals surface area contributed by atoms with Crippen molar-refractivity contribution >= 4 is 5.97 Å². The number of nitrogens with zero attached hydrogens (tertiary/aromatic N) is 1. The predicted molar refractivity (Wildman–Crippen MR) is 79.8 cm³/mol. The van der Waals surface area contributed by atoms with Crippen LogP contribution in [0, 0.1) is 0 Å². The molecule has 1 aromatic carbocycles. The van der Waals surface area contributed by atoms with E-state index in [0.29, 0.717) is 18.4 Å². The fourth-order valence-corrected chi connectivity index (χ4v) is 2.48. The van der Waals surface area contributed by atoms with E-state index in [2.05, 4.69) is 4.90 Å². The Hall–Kier alpha value is -1.59. The van der Waals surface area contributed by atoms with Crippen molar-refractivity contribution in [3.8, 4) is 5.75 Å². The monoisotopic (exact) mass is 293 g/mol. The fourth-order valence-electron chi connectivity index (χ4n) is 2.48. The number of rotatable bonds is 9. The minimum atomic E-state index is -0.929. The van der Waals surface area contributed by atoms with Crippen LogP contribution >= 0.6 is 0 Å². The highest BCUT2D eigenvalue weighted by Gasteiger charge is 2.24. The normalized spacial score (nSPS) is 15.0. The molecule has 0 bridgehead atoms. The van der Waals surface area contributed by atoms with Crippen LogP contribution in [-0.2, 0) is 0 Å². The van der Waals surface area contributed by atoms with Gasteiger partial charge < -0.3 is 14.9 Å². The maximum atomic E-state index is 10.8.